The highest BCUT2D eigenvalue weighted by Crippen LogP contribution is 2.08. The second-order valence-electron chi connectivity index (χ2n) is 3.53. The Bertz CT molecular complexity index is 386. The highest BCUT2D eigenvalue weighted by Gasteiger charge is 2.05. The third kappa shape index (κ3) is 4.07. The maximum atomic E-state index is 8.79. The van der Waals surface area contributed by atoms with Crippen LogP contribution in [0.4, 0.5) is 5.95 Å². The van der Waals surface area contributed by atoms with Crippen molar-refractivity contribution in [3.05, 3.63) is 17.5 Å². The summed E-state index contributed by atoms with van der Waals surface area (Å²) in [6, 6.07) is 4.01. The van der Waals surface area contributed by atoms with Crippen LogP contribution in [0.25, 0.3) is 0 Å². The van der Waals surface area contributed by atoms with Crippen LogP contribution in [0, 0.1) is 18.3 Å². The van der Waals surface area contributed by atoms with E-state index in [1.807, 2.05) is 24.8 Å². The van der Waals surface area contributed by atoms with Gasteiger partial charge in [0.1, 0.15) is 11.8 Å². The third-order valence-electron chi connectivity index (χ3n) is 1.92. The van der Waals surface area contributed by atoms with E-state index in [9.17, 15) is 0 Å². The molecule has 1 N–H and O–H groups in total. The Morgan fingerprint density at radius 3 is 2.94 bits per heavy atom. The maximum absolute atomic E-state index is 8.79. The average molecular weight is 236 g/mol. The first-order chi connectivity index (χ1) is 7.65. The number of thioether (sulfide) groups is 1. The number of hydrogen-bond donors (Lipinski definition) is 1. The fourth-order valence-corrected chi connectivity index (χ4v) is 1.92. The van der Waals surface area contributed by atoms with Crippen molar-refractivity contribution in [2.75, 3.05) is 16.8 Å². The molecule has 0 saturated carbocycles. The first-order valence-corrected chi connectivity index (χ1v) is 6.41. The van der Waals surface area contributed by atoms with Gasteiger partial charge in [0.2, 0.25) is 5.95 Å². The van der Waals surface area contributed by atoms with Crippen molar-refractivity contribution in [3.63, 3.8) is 0 Å². The zero-order valence-electron chi connectivity index (χ0n) is 9.82. The molecule has 1 unspecified atom stereocenters. The predicted octanol–water partition coefficient (Wildman–Crippen LogP) is 2.21. The van der Waals surface area contributed by atoms with Crippen molar-refractivity contribution in [2.24, 2.45) is 0 Å². The summed E-state index contributed by atoms with van der Waals surface area (Å²) in [6.45, 7) is 6.08. The van der Waals surface area contributed by atoms with E-state index < -0.39 is 0 Å². The van der Waals surface area contributed by atoms with E-state index in [0.29, 0.717) is 17.7 Å². The molecule has 1 heterocycles. The molecule has 4 nitrogen and oxygen atoms in total. The van der Waals surface area contributed by atoms with Crippen molar-refractivity contribution in [2.45, 2.75) is 26.8 Å². The summed E-state index contributed by atoms with van der Waals surface area (Å²) >= 11 is 1.87. The molecule has 0 radical (unpaired) electrons. The average Bonchev–Trinajstić information content (AvgIpc) is 2.25. The molecule has 1 aromatic rings. The molecule has 0 aliphatic heterocycles. The van der Waals surface area contributed by atoms with Crippen LogP contribution < -0.4 is 5.32 Å². The highest BCUT2D eigenvalue weighted by molar-refractivity contribution is 7.99. The molecular formula is C11H16N4S. The lowest BCUT2D eigenvalue weighted by atomic mass is 10.3. The van der Waals surface area contributed by atoms with Gasteiger partial charge in [-0.2, -0.15) is 17.0 Å². The van der Waals surface area contributed by atoms with E-state index in [0.717, 1.165) is 17.2 Å². The molecular weight excluding hydrogens is 220 g/mol. The molecule has 0 saturated heterocycles. The van der Waals surface area contributed by atoms with E-state index in [4.69, 9.17) is 5.26 Å². The zero-order chi connectivity index (χ0) is 12.0. The van der Waals surface area contributed by atoms with Crippen molar-refractivity contribution in [3.8, 4) is 6.07 Å². The second-order valence-corrected chi connectivity index (χ2v) is 4.85. The molecule has 0 aromatic carbocycles. The molecule has 86 valence electrons. The van der Waals surface area contributed by atoms with Gasteiger partial charge >= 0.3 is 0 Å². The van der Waals surface area contributed by atoms with Crippen LogP contribution in [0.5, 0.6) is 0 Å². The van der Waals surface area contributed by atoms with Gasteiger partial charge in [0, 0.05) is 17.5 Å². The summed E-state index contributed by atoms with van der Waals surface area (Å²) in [4.78, 5) is 8.35. The van der Waals surface area contributed by atoms with Crippen LogP contribution in [0.15, 0.2) is 6.07 Å². The topological polar surface area (TPSA) is 61.6 Å². The zero-order valence-corrected chi connectivity index (χ0v) is 10.6. The van der Waals surface area contributed by atoms with E-state index in [1.54, 1.807) is 6.07 Å². The fraction of sp³-hybridized carbons (Fsp3) is 0.545. The number of aryl methyl sites for hydroxylation is 1. The van der Waals surface area contributed by atoms with Crippen molar-refractivity contribution in [1.82, 2.24) is 9.97 Å². The van der Waals surface area contributed by atoms with E-state index in [1.165, 1.54) is 0 Å². The van der Waals surface area contributed by atoms with Crippen LogP contribution in [0.2, 0.25) is 0 Å². The van der Waals surface area contributed by atoms with Gasteiger partial charge in [-0.1, -0.05) is 6.92 Å². The minimum absolute atomic E-state index is 0.304. The largest absolute Gasteiger partial charge is 0.351 e. The smallest absolute Gasteiger partial charge is 0.224 e. The molecule has 1 atom stereocenters. The fourth-order valence-electron chi connectivity index (χ4n) is 1.25. The number of aromatic nitrogens is 2. The number of nitrogens with one attached hydrogen (secondary N) is 1. The first-order valence-electron chi connectivity index (χ1n) is 5.25. The monoisotopic (exact) mass is 236 g/mol. The quantitative estimate of drug-likeness (QED) is 0.849. The highest BCUT2D eigenvalue weighted by atomic mass is 32.2. The third-order valence-corrected chi connectivity index (χ3v) is 3.06. The number of nitriles is 1. The lowest BCUT2D eigenvalue weighted by Gasteiger charge is -2.13. The Morgan fingerprint density at radius 2 is 2.31 bits per heavy atom. The molecule has 1 rings (SSSR count). The van der Waals surface area contributed by atoms with Gasteiger partial charge in [-0.15, -0.1) is 0 Å². The van der Waals surface area contributed by atoms with Gasteiger partial charge in [0.05, 0.1) is 0 Å². The van der Waals surface area contributed by atoms with Crippen LogP contribution in [-0.4, -0.2) is 27.5 Å². The summed E-state index contributed by atoms with van der Waals surface area (Å²) in [7, 11) is 0. The summed E-state index contributed by atoms with van der Waals surface area (Å²) in [5, 5.41) is 12.0. The van der Waals surface area contributed by atoms with E-state index in [2.05, 4.69) is 29.1 Å². The standard InChI is InChI=1S/C11H16N4S/c1-4-16-7-9(3)14-11-13-8(2)5-10(6-12)15-11/h5,9H,4,7H2,1-3H3,(H,13,14,15). The van der Waals surface area contributed by atoms with Crippen molar-refractivity contribution < 1.29 is 0 Å². The van der Waals surface area contributed by atoms with Gasteiger partial charge in [-0.25, -0.2) is 9.97 Å². The van der Waals surface area contributed by atoms with Crippen molar-refractivity contribution in [1.29, 1.82) is 5.26 Å². The minimum Gasteiger partial charge on any atom is -0.351 e. The SMILES string of the molecule is CCSCC(C)Nc1nc(C)cc(C#N)n1. The molecule has 16 heavy (non-hydrogen) atoms. The maximum Gasteiger partial charge on any atom is 0.224 e. The molecule has 0 fully saturated rings. The van der Waals surface area contributed by atoms with Gasteiger partial charge in [-0.05, 0) is 25.7 Å². The molecule has 0 aliphatic carbocycles. The summed E-state index contributed by atoms with van der Waals surface area (Å²) in [6.07, 6.45) is 0. The summed E-state index contributed by atoms with van der Waals surface area (Å²) < 4.78 is 0. The Kier molecular flexibility index (Phi) is 5.06. The molecule has 5 heteroatoms. The lowest BCUT2D eigenvalue weighted by molar-refractivity contribution is 0.880. The van der Waals surface area contributed by atoms with E-state index in [-0.39, 0.29) is 0 Å². The van der Waals surface area contributed by atoms with E-state index >= 15 is 0 Å². The van der Waals surface area contributed by atoms with Crippen LogP contribution in [0.3, 0.4) is 0 Å². The number of hydrogen-bond acceptors (Lipinski definition) is 5. The molecule has 0 amide bonds. The molecule has 0 bridgehead atoms. The van der Waals surface area contributed by atoms with Gasteiger partial charge in [0.25, 0.3) is 0 Å². The van der Waals surface area contributed by atoms with Crippen LogP contribution >= 0.6 is 11.8 Å². The van der Waals surface area contributed by atoms with Crippen molar-refractivity contribution >= 4 is 17.7 Å². The number of rotatable bonds is 5. The minimum atomic E-state index is 0.304. The van der Waals surface area contributed by atoms with Crippen LogP contribution in [0.1, 0.15) is 25.2 Å². The lowest BCUT2D eigenvalue weighted by Crippen LogP contribution is -2.20. The Balaban J connectivity index is 2.66. The molecule has 1 aromatic heterocycles. The molecule has 0 aliphatic rings. The summed E-state index contributed by atoms with van der Waals surface area (Å²) in [5.41, 5.74) is 1.22. The van der Waals surface area contributed by atoms with Gasteiger partial charge in [0.15, 0.2) is 0 Å². The second kappa shape index (κ2) is 6.33. The predicted molar refractivity (Wildman–Crippen MR) is 67.6 cm³/mol. The Hall–Kier alpha value is -1.28. The first kappa shape index (κ1) is 12.8. The number of nitrogens with zero attached hydrogens (tertiary/aromatic N) is 3. The normalized spacial score (nSPS) is 11.9. The van der Waals surface area contributed by atoms with Crippen LogP contribution in [-0.2, 0) is 0 Å². The van der Waals surface area contributed by atoms with Gasteiger partial charge < -0.3 is 5.32 Å². The van der Waals surface area contributed by atoms with Gasteiger partial charge in [-0.3, -0.25) is 0 Å². The molecule has 0 spiro atoms. The summed E-state index contributed by atoms with van der Waals surface area (Å²) in [5.74, 6) is 2.65. The Morgan fingerprint density at radius 1 is 1.56 bits per heavy atom. The Labute approximate surface area is 100 Å². The number of anilines is 1.